The van der Waals surface area contributed by atoms with Gasteiger partial charge < -0.3 is 15.0 Å². The van der Waals surface area contributed by atoms with Gasteiger partial charge in [0, 0.05) is 25.7 Å². The van der Waals surface area contributed by atoms with Gasteiger partial charge in [-0.1, -0.05) is 48.5 Å². The van der Waals surface area contributed by atoms with Gasteiger partial charge in [-0.05, 0) is 17.2 Å². The second-order valence-corrected chi connectivity index (χ2v) is 7.16. The molecule has 0 atom stereocenters. The van der Waals surface area contributed by atoms with Crippen LogP contribution in [-0.2, 0) is 12.8 Å². The molecule has 3 rings (SSSR count). The fourth-order valence-corrected chi connectivity index (χ4v) is 3.88. The first-order valence-corrected chi connectivity index (χ1v) is 9.68. The van der Waals surface area contributed by atoms with Gasteiger partial charge in [-0.25, -0.2) is 0 Å². The van der Waals surface area contributed by atoms with E-state index in [1.165, 1.54) is 50.0 Å². The quantitative estimate of drug-likeness (QED) is 0.740. The number of ether oxygens (including phenoxy) is 1. The minimum atomic E-state index is 0.801. The van der Waals surface area contributed by atoms with Crippen molar-refractivity contribution in [2.45, 2.75) is 31.7 Å². The molecule has 0 spiro atoms. The number of methoxy groups -OCH3 is 1. The molecule has 25 heavy (non-hydrogen) atoms. The van der Waals surface area contributed by atoms with Crippen molar-refractivity contribution >= 4 is 0 Å². The summed E-state index contributed by atoms with van der Waals surface area (Å²) < 4.78 is 5.45. The number of likely N-dealkylation sites (tertiary alicyclic amines) is 1. The predicted octanol–water partition coefficient (Wildman–Crippen LogP) is 1.09. The molecule has 3 N–H and O–H groups in total. The maximum Gasteiger partial charge on any atom is 0.122 e. The number of para-hydroxylation sites is 1. The van der Waals surface area contributed by atoms with Crippen molar-refractivity contribution in [3.63, 3.8) is 0 Å². The summed E-state index contributed by atoms with van der Waals surface area (Å²) in [5.41, 5.74) is 2.80. The molecular weight excluding hydrogens is 308 g/mol. The van der Waals surface area contributed by atoms with Crippen LogP contribution >= 0.6 is 0 Å². The monoisotopic (exact) mass is 340 g/mol. The van der Waals surface area contributed by atoms with Crippen LogP contribution in [0.2, 0.25) is 0 Å². The molecule has 0 bridgehead atoms. The summed E-state index contributed by atoms with van der Waals surface area (Å²) in [6, 6.07) is 20.1. The van der Waals surface area contributed by atoms with Gasteiger partial charge in [0.05, 0.1) is 39.3 Å². The Kier molecular flexibility index (Phi) is 6.89. The fourth-order valence-electron chi connectivity index (χ4n) is 3.88. The summed E-state index contributed by atoms with van der Waals surface area (Å²) in [7, 11) is 1.76. The van der Waals surface area contributed by atoms with Crippen LogP contribution < -0.4 is 15.0 Å². The van der Waals surface area contributed by atoms with Crippen LogP contribution in [0.4, 0.5) is 0 Å². The van der Waals surface area contributed by atoms with E-state index in [2.05, 4.69) is 53.8 Å². The Bertz CT molecular complexity index is 621. The van der Waals surface area contributed by atoms with Crippen molar-refractivity contribution in [3.8, 4) is 5.75 Å². The summed E-state index contributed by atoms with van der Waals surface area (Å²) in [5, 5.41) is 2.56. The normalized spacial score (nSPS) is 20.4. The van der Waals surface area contributed by atoms with Crippen molar-refractivity contribution in [2.75, 3.05) is 33.3 Å². The third-order valence-electron chi connectivity index (χ3n) is 5.45. The van der Waals surface area contributed by atoms with Crippen molar-refractivity contribution in [3.05, 3.63) is 65.7 Å². The predicted molar refractivity (Wildman–Crippen MR) is 102 cm³/mol. The van der Waals surface area contributed by atoms with Crippen molar-refractivity contribution in [1.82, 2.24) is 0 Å². The summed E-state index contributed by atoms with van der Waals surface area (Å²) in [6.07, 6.45) is 4.98. The molecule has 1 saturated heterocycles. The number of nitrogens with one attached hydrogen (secondary N) is 1. The van der Waals surface area contributed by atoms with Gasteiger partial charge in [0.25, 0.3) is 0 Å². The molecule has 134 valence electrons. The van der Waals surface area contributed by atoms with Crippen LogP contribution in [0.3, 0.4) is 0 Å². The topological polar surface area (TPSA) is 30.3 Å². The molecule has 2 aromatic carbocycles. The molecule has 1 aliphatic rings. The Hall–Kier alpha value is -1.84. The average molecular weight is 341 g/mol. The zero-order chi connectivity index (χ0) is 17.3. The second kappa shape index (κ2) is 9.59. The Labute approximate surface area is 152 Å². The number of hydrogen-bond donors (Lipinski definition) is 2. The van der Waals surface area contributed by atoms with Crippen LogP contribution in [0.25, 0.3) is 0 Å². The smallest absolute Gasteiger partial charge is 0.122 e. The molecule has 0 aliphatic carbocycles. The molecule has 2 aromatic rings. The van der Waals surface area contributed by atoms with Gasteiger partial charge in [0.15, 0.2) is 0 Å². The lowest BCUT2D eigenvalue weighted by Gasteiger charge is -2.28. The average Bonchev–Trinajstić information content (AvgIpc) is 2.68. The Morgan fingerprint density at radius 1 is 0.960 bits per heavy atom. The summed E-state index contributed by atoms with van der Waals surface area (Å²) in [4.78, 5) is 1.78. The van der Waals surface area contributed by atoms with Gasteiger partial charge in [0.2, 0.25) is 0 Å². The summed E-state index contributed by atoms with van der Waals surface area (Å²) in [5.74, 6) is 1.02. The van der Waals surface area contributed by atoms with Gasteiger partial charge in [-0.2, -0.15) is 0 Å². The molecule has 1 fully saturated rings. The lowest BCUT2D eigenvalue weighted by atomic mass is 10.0. The van der Waals surface area contributed by atoms with E-state index < -0.39 is 0 Å². The highest BCUT2D eigenvalue weighted by molar-refractivity contribution is 5.33. The first-order valence-electron chi connectivity index (χ1n) is 9.68. The van der Waals surface area contributed by atoms with Crippen LogP contribution in [0, 0.1) is 0 Å². The summed E-state index contributed by atoms with van der Waals surface area (Å²) in [6.45, 7) is 5.08. The lowest BCUT2D eigenvalue weighted by molar-refractivity contribution is -0.912. The van der Waals surface area contributed by atoms with Gasteiger partial charge in [0.1, 0.15) is 5.75 Å². The highest BCUT2D eigenvalue weighted by atomic mass is 16.5. The molecular formula is C22H32N2O+2. The molecule has 1 heterocycles. The van der Waals surface area contributed by atoms with Crippen LogP contribution in [-0.4, -0.2) is 39.3 Å². The Balaban J connectivity index is 1.34. The molecule has 0 unspecified atom stereocenters. The van der Waals surface area contributed by atoms with E-state index >= 15 is 0 Å². The van der Waals surface area contributed by atoms with E-state index in [0.29, 0.717) is 0 Å². The molecule has 3 nitrogen and oxygen atoms in total. The third-order valence-corrected chi connectivity index (χ3v) is 5.45. The minimum Gasteiger partial charge on any atom is -0.496 e. The highest BCUT2D eigenvalue weighted by Gasteiger charge is 2.23. The van der Waals surface area contributed by atoms with Gasteiger partial charge in [-0.3, -0.25) is 0 Å². The number of piperidine rings is 1. The van der Waals surface area contributed by atoms with Crippen LogP contribution in [0.1, 0.15) is 24.0 Å². The maximum atomic E-state index is 5.45. The van der Waals surface area contributed by atoms with E-state index in [1.807, 2.05) is 6.07 Å². The van der Waals surface area contributed by atoms with Gasteiger partial charge in [-0.15, -0.1) is 0 Å². The number of quaternary nitrogens is 2. The molecule has 0 aromatic heterocycles. The van der Waals surface area contributed by atoms with Crippen molar-refractivity contribution in [1.29, 1.82) is 0 Å². The number of hydrogen-bond acceptors (Lipinski definition) is 1. The first kappa shape index (κ1) is 18.0. The molecule has 0 saturated carbocycles. The van der Waals surface area contributed by atoms with Gasteiger partial charge >= 0.3 is 0 Å². The summed E-state index contributed by atoms with van der Waals surface area (Å²) >= 11 is 0. The third kappa shape index (κ3) is 5.58. The van der Waals surface area contributed by atoms with Crippen molar-refractivity contribution < 1.29 is 15.0 Å². The minimum absolute atomic E-state index is 0.801. The van der Waals surface area contributed by atoms with E-state index in [0.717, 1.165) is 24.8 Å². The first-order chi connectivity index (χ1) is 12.3. The van der Waals surface area contributed by atoms with E-state index in [1.54, 1.807) is 12.0 Å². The Morgan fingerprint density at radius 2 is 1.68 bits per heavy atom. The fraction of sp³-hybridized carbons (Fsp3) is 0.455. The standard InChI is InChI=1S/C22H30N2O/c1-25-22-10-6-5-9-20(22)11-15-23-21-13-17-24(18-14-21)16-12-19-7-3-2-4-8-19/h2-10,21,23H,11-18H2,1H3/p+2. The second-order valence-electron chi connectivity index (χ2n) is 7.16. The molecule has 0 amide bonds. The van der Waals surface area contributed by atoms with Crippen molar-refractivity contribution in [2.24, 2.45) is 0 Å². The van der Waals surface area contributed by atoms with E-state index in [4.69, 9.17) is 4.74 Å². The van der Waals surface area contributed by atoms with Crippen LogP contribution in [0.5, 0.6) is 5.75 Å². The molecule has 3 heteroatoms. The lowest BCUT2D eigenvalue weighted by Crippen LogP contribution is -3.15. The van der Waals surface area contributed by atoms with E-state index in [9.17, 15) is 0 Å². The SMILES string of the molecule is COc1ccccc1CC[NH2+]C1CC[NH+](CCc2ccccc2)CC1. The number of benzene rings is 2. The zero-order valence-corrected chi connectivity index (χ0v) is 15.4. The van der Waals surface area contributed by atoms with Crippen LogP contribution in [0.15, 0.2) is 54.6 Å². The zero-order valence-electron chi connectivity index (χ0n) is 15.4. The Morgan fingerprint density at radius 3 is 2.44 bits per heavy atom. The number of nitrogens with two attached hydrogens (primary N) is 1. The molecule has 0 radical (unpaired) electrons. The molecule has 1 aliphatic heterocycles. The highest BCUT2D eigenvalue weighted by Crippen LogP contribution is 2.16. The largest absolute Gasteiger partial charge is 0.496 e. The maximum absolute atomic E-state index is 5.45. The van der Waals surface area contributed by atoms with E-state index in [-0.39, 0.29) is 0 Å². The number of rotatable bonds is 8.